The molecular formula is C58H102N18O17. The third-order valence-electron chi connectivity index (χ3n) is 14.3. The first-order valence-corrected chi connectivity index (χ1v) is 31.2. The van der Waals surface area contributed by atoms with Crippen LogP contribution >= 0.6 is 0 Å². The molecule has 0 aliphatic heterocycles. The van der Waals surface area contributed by atoms with Crippen molar-refractivity contribution in [3.8, 4) is 0 Å². The van der Waals surface area contributed by atoms with Crippen LogP contribution in [0.2, 0.25) is 0 Å². The van der Waals surface area contributed by atoms with Gasteiger partial charge in [-0.05, 0) is 115 Å². The first-order valence-electron chi connectivity index (χ1n) is 31.2. The summed E-state index contributed by atoms with van der Waals surface area (Å²) in [7, 11) is 0. The highest BCUT2D eigenvalue weighted by Gasteiger charge is 2.37. The number of aliphatic hydroxyl groups is 2. The number of rotatable bonds is 48. The Morgan fingerprint density at radius 1 is 0.430 bits per heavy atom. The zero-order valence-corrected chi connectivity index (χ0v) is 54.2. The second-order valence-electron chi connectivity index (χ2n) is 24.2. The van der Waals surface area contributed by atoms with E-state index in [1.54, 1.807) is 41.5 Å². The van der Waals surface area contributed by atoms with E-state index in [0.717, 1.165) is 0 Å². The van der Waals surface area contributed by atoms with Gasteiger partial charge in [0.2, 0.25) is 76.8 Å². The molecule has 526 valence electrons. The largest absolute Gasteiger partial charge is 0.480 e. The van der Waals surface area contributed by atoms with Crippen molar-refractivity contribution in [3.05, 3.63) is 18.2 Å². The molecule has 0 saturated heterocycles. The van der Waals surface area contributed by atoms with Crippen LogP contribution in [0, 0.1) is 17.8 Å². The summed E-state index contributed by atoms with van der Waals surface area (Å²) in [5, 5.41) is 54.8. The Labute approximate surface area is 540 Å². The molecule has 0 saturated carbocycles. The van der Waals surface area contributed by atoms with Gasteiger partial charge in [-0.25, -0.2) is 9.78 Å². The lowest BCUT2D eigenvalue weighted by Gasteiger charge is -2.29. The van der Waals surface area contributed by atoms with Gasteiger partial charge >= 0.3 is 5.97 Å². The molecule has 0 aliphatic carbocycles. The Hall–Kier alpha value is -8.41. The molecule has 0 aromatic carbocycles. The van der Waals surface area contributed by atoms with Gasteiger partial charge in [-0.15, -0.1) is 0 Å². The number of imidazole rings is 1. The van der Waals surface area contributed by atoms with Crippen LogP contribution in [0.15, 0.2) is 12.5 Å². The lowest BCUT2D eigenvalue weighted by atomic mass is 10.00. The van der Waals surface area contributed by atoms with E-state index in [9.17, 15) is 82.4 Å². The quantitative estimate of drug-likeness (QED) is 0.0270. The minimum absolute atomic E-state index is 0.00914. The Bertz CT molecular complexity index is 2630. The van der Waals surface area contributed by atoms with Gasteiger partial charge < -0.3 is 108 Å². The summed E-state index contributed by atoms with van der Waals surface area (Å²) >= 11 is 0. The zero-order chi connectivity index (χ0) is 70.7. The van der Waals surface area contributed by atoms with E-state index in [0.29, 0.717) is 25.0 Å². The molecule has 0 unspecified atom stereocenters. The van der Waals surface area contributed by atoms with Crippen LogP contribution in [0.1, 0.15) is 150 Å². The highest BCUT2D eigenvalue weighted by molar-refractivity contribution is 5.99. The van der Waals surface area contributed by atoms with E-state index in [-0.39, 0.29) is 88.6 Å². The van der Waals surface area contributed by atoms with Crippen molar-refractivity contribution in [1.29, 1.82) is 0 Å². The summed E-state index contributed by atoms with van der Waals surface area (Å²) in [6.45, 7) is 11.0. The van der Waals surface area contributed by atoms with Crippen LogP contribution in [0.5, 0.6) is 0 Å². The average molecular weight is 1320 g/mol. The second-order valence-corrected chi connectivity index (χ2v) is 24.2. The minimum Gasteiger partial charge on any atom is -0.480 e. The van der Waals surface area contributed by atoms with Crippen LogP contribution in [0.3, 0.4) is 0 Å². The molecule has 0 spiro atoms. The predicted molar refractivity (Wildman–Crippen MR) is 335 cm³/mol. The minimum atomic E-state index is -1.81. The number of nitrogens with zero attached hydrogens (tertiary/aromatic N) is 1. The van der Waals surface area contributed by atoms with E-state index in [2.05, 4.69) is 63.1 Å². The number of primary amides is 3. The number of carboxylic acids is 1. The van der Waals surface area contributed by atoms with Gasteiger partial charge in [0.05, 0.1) is 19.0 Å². The van der Waals surface area contributed by atoms with Gasteiger partial charge in [0.1, 0.15) is 66.5 Å². The molecule has 12 atom stereocenters. The smallest absolute Gasteiger partial charge is 0.326 e. The van der Waals surface area contributed by atoms with E-state index in [1.165, 1.54) is 19.4 Å². The number of aliphatic carboxylic acids is 1. The average Bonchev–Trinajstić information content (AvgIpc) is 1.66. The summed E-state index contributed by atoms with van der Waals surface area (Å²) in [5.74, 6) is -14.7. The number of hydrogen-bond donors (Lipinski definition) is 20. The molecule has 93 heavy (non-hydrogen) atoms. The fourth-order valence-corrected chi connectivity index (χ4v) is 9.24. The second kappa shape index (κ2) is 43.4. The molecule has 1 aromatic heterocycles. The monoisotopic (exact) mass is 1320 g/mol. The van der Waals surface area contributed by atoms with Crippen molar-refractivity contribution < 1.29 is 82.4 Å². The van der Waals surface area contributed by atoms with Crippen molar-refractivity contribution in [2.75, 3.05) is 19.7 Å². The number of carbonyl (C=O) groups is 14. The summed E-state index contributed by atoms with van der Waals surface area (Å²) in [4.78, 5) is 194. The lowest BCUT2D eigenvalue weighted by Crippen LogP contribution is -2.61. The number of amides is 13. The van der Waals surface area contributed by atoms with Crippen molar-refractivity contribution in [3.63, 3.8) is 0 Å². The fourth-order valence-electron chi connectivity index (χ4n) is 9.24. The van der Waals surface area contributed by atoms with Crippen molar-refractivity contribution in [2.24, 2.45) is 52.2 Å². The van der Waals surface area contributed by atoms with Crippen molar-refractivity contribution in [1.82, 2.24) is 63.1 Å². The number of nitrogens with two attached hydrogens (primary N) is 6. The number of aliphatic hydroxyl groups excluding tert-OH is 2. The standard InChI is InChI=1S/C58H102N18O17/c1-29(2)22-39(72-50(84)37(16-19-46(63)81)70-57(91)47(64)32(7)78)52(86)67-34(12-8-10-20-59)48(82)75-42(25-33-26-65-28-66-33)55(89)73-40(23-30(3)4)53(87)69-35(14-17-44(61)79)49(83)68-36(15-18-45(62)80)51(85)76-43(27-77)56(90)74-41(24-31(5)6)54(88)71-38(58(92)93)13-9-11-21-60/h26,28-32,34-43,47,77-78H,8-25,27,59-60,64H2,1-7H3,(H2,61,79)(H2,62,80)(H2,63,81)(H,65,66)(H,67,86)(H,68,83)(H,69,87)(H,70,91)(H,71,88)(H,72,84)(H,73,89)(H,74,90)(H,75,82)(H,76,85)(H,92,93)/t32-,34+,35+,36+,37+,38+,39+,40+,41+,42+,43+,47+/m1/s1. The molecule has 0 radical (unpaired) electrons. The third-order valence-corrected chi connectivity index (χ3v) is 14.3. The lowest BCUT2D eigenvalue weighted by molar-refractivity contribution is -0.142. The normalized spacial score (nSPS) is 15.2. The van der Waals surface area contributed by atoms with Crippen LogP contribution in [-0.2, 0) is 73.5 Å². The first-order chi connectivity index (χ1) is 43.6. The molecule has 13 amide bonds. The Kier molecular flexibility index (Phi) is 38.6. The molecule has 0 fully saturated rings. The maximum atomic E-state index is 14.6. The van der Waals surface area contributed by atoms with Gasteiger partial charge in [0.25, 0.3) is 0 Å². The van der Waals surface area contributed by atoms with Crippen LogP contribution in [-0.4, -0.2) is 200 Å². The molecule has 1 heterocycles. The van der Waals surface area contributed by atoms with Gasteiger partial charge in [-0.2, -0.15) is 0 Å². The van der Waals surface area contributed by atoms with Gasteiger partial charge in [-0.3, -0.25) is 62.3 Å². The highest BCUT2D eigenvalue weighted by Crippen LogP contribution is 2.14. The number of aromatic nitrogens is 2. The maximum absolute atomic E-state index is 14.6. The number of carbonyl (C=O) groups excluding carboxylic acids is 13. The van der Waals surface area contributed by atoms with E-state index in [1.807, 2.05) is 0 Å². The van der Waals surface area contributed by atoms with Gasteiger partial charge in [-0.1, -0.05) is 41.5 Å². The van der Waals surface area contributed by atoms with Crippen LogP contribution < -0.4 is 87.6 Å². The molecule has 1 aromatic rings. The Morgan fingerprint density at radius 3 is 1.03 bits per heavy atom. The number of nitrogens with one attached hydrogen (secondary N) is 11. The maximum Gasteiger partial charge on any atom is 0.326 e. The molecular weight excluding hydrogens is 1220 g/mol. The molecule has 0 aliphatic rings. The number of aromatic amines is 1. The molecule has 26 N–H and O–H groups in total. The van der Waals surface area contributed by atoms with Crippen LogP contribution in [0.4, 0.5) is 0 Å². The van der Waals surface area contributed by atoms with E-state index < -0.39 is 188 Å². The summed E-state index contributed by atoms with van der Waals surface area (Å²) < 4.78 is 0. The summed E-state index contributed by atoms with van der Waals surface area (Å²) in [6, 6.07) is -16.7. The Morgan fingerprint density at radius 2 is 0.720 bits per heavy atom. The van der Waals surface area contributed by atoms with Crippen molar-refractivity contribution in [2.45, 2.75) is 224 Å². The van der Waals surface area contributed by atoms with Gasteiger partial charge in [0, 0.05) is 37.6 Å². The molecule has 1 rings (SSSR count). The topological polar surface area (TPSA) is 605 Å². The summed E-state index contributed by atoms with van der Waals surface area (Å²) in [6.07, 6.45) is -0.376. The highest BCUT2D eigenvalue weighted by atomic mass is 16.4. The first kappa shape index (κ1) is 82.6. The molecule has 35 nitrogen and oxygen atoms in total. The number of H-pyrrole nitrogens is 1. The van der Waals surface area contributed by atoms with E-state index >= 15 is 0 Å². The number of hydrogen-bond acceptors (Lipinski definition) is 20. The SMILES string of the molecule is CC(C)C[C@H](NC(=O)[C@H](CO)NC(=O)[C@H](CCC(N)=O)NC(=O)[C@H](CCC(N)=O)NC(=O)[C@H](CC(C)C)NC(=O)[C@H](Cc1cnc[nH]1)NC(=O)[C@H](CCCCN)NC(=O)[C@H](CC(C)C)NC(=O)[C@H](CCC(N)=O)NC(=O)[C@@H](N)[C@@H](C)O)C(=O)N[C@@H](CCCCN)C(=O)O. The van der Waals surface area contributed by atoms with E-state index in [4.69, 9.17) is 34.4 Å². The fraction of sp³-hybridized carbons (Fsp3) is 0.707. The van der Waals surface area contributed by atoms with Crippen LogP contribution in [0.25, 0.3) is 0 Å². The molecule has 35 heteroatoms. The summed E-state index contributed by atoms with van der Waals surface area (Å²) in [5.41, 5.74) is 33.6. The van der Waals surface area contributed by atoms with Crippen molar-refractivity contribution >= 4 is 82.8 Å². The molecule has 0 bridgehead atoms. The Balaban J connectivity index is 3.67. The van der Waals surface area contributed by atoms with Gasteiger partial charge in [0.15, 0.2) is 0 Å². The third kappa shape index (κ3) is 33.1. The zero-order valence-electron chi connectivity index (χ0n) is 54.2. The number of unbranched alkanes of at least 4 members (excludes halogenated alkanes) is 2. The predicted octanol–water partition coefficient (Wildman–Crippen LogP) is -6.22. The number of carboxylic acid groups (broad SMARTS) is 1.